The van der Waals surface area contributed by atoms with Gasteiger partial charge in [0.25, 0.3) is 5.95 Å². The van der Waals surface area contributed by atoms with Crippen LogP contribution in [-0.2, 0) is 0 Å². The third kappa shape index (κ3) is 5.88. The highest BCUT2D eigenvalue weighted by Crippen LogP contribution is 2.14. The number of hydrogen-bond acceptors (Lipinski definition) is 6. The lowest BCUT2D eigenvalue weighted by atomic mass is 10.2. The fourth-order valence-corrected chi connectivity index (χ4v) is 2.90. The molecule has 0 spiro atoms. The summed E-state index contributed by atoms with van der Waals surface area (Å²) in [5.41, 5.74) is 6.71. The third-order valence-corrected chi connectivity index (χ3v) is 4.33. The van der Waals surface area contributed by atoms with Crippen molar-refractivity contribution in [3.05, 3.63) is 59.0 Å². The van der Waals surface area contributed by atoms with Gasteiger partial charge in [-0.3, -0.25) is 5.43 Å². The second-order valence-corrected chi connectivity index (χ2v) is 7.03. The van der Waals surface area contributed by atoms with Gasteiger partial charge in [0.05, 0.1) is 18.5 Å². The van der Waals surface area contributed by atoms with E-state index < -0.39 is 0 Å². The predicted octanol–water partition coefficient (Wildman–Crippen LogP) is 4.60. The zero-order valence-electron chi connectivity index (χ0n) is 17.5. The van der Waals surface area contributed by atoms with Crippen LogP contribution in [0.3, 0.4) is 0 Å². The molecular formula is C22H28N6O. The van der Waals surface area contributed by atoms with Gasteiger partial charge in [-0.1, -0.05) is 19.8 Å². The predicted molar refractivity (Wildman–Crippen MR) is 116 cm³/mol. The van der Waals surface area contributed by atoms with Crippen LogP contribution in [-0.4, -0.2) is 32.6 Å². The van der Waals surface area contributed by atoms with Gasteiger partial charge in [0, 0.05) is 17.5 Å². The van der Waals surface area contributed by atoms with Crippen molar-refractivity contribution in [2.24, 2.45) is 5.10 Å². The number of nitrogens with one attached hydrogen (secondary N) is 1. The van der Waals surface area contributed by atoms with E-state index in [9.17, 15) is 0 Å². The fraction of sp³-hybridized carbons (Fsp3) is 0.364. The van der Waals surface area contributed by atoms with Gasteiger partial charge < -0.3 is 4.74 Å². The van der Waals surface area contributed by atoms with E-state index >= 15 is 0 Å². The molecule has 0 aliphatic rings. The molecule has 152 valence electrons. The lowest BCUT2D eigenvalue weighted by Gasteiger charge is -2.07. The largest absolute Gasteiger partial charge is 0.494 e. The van der Waals surface area contributed by atoms with Gasteiger partial charge in [0.1, 0.15) is 5.75 Å². The highest BCUT2D eigenvalue weighted by molar-refractivity contribution is 5.80. The zero-order valence-corrected chi connectivity index (χ0v) is 17.5. The minimum absolute atomic E-state index is 0.526. The van der Waals surface area contributed by atoms with Crippen LogP contribution in [0.2, 0.25) is 0 Å². The molecule has 0 unspecified atom stereocenters. The lowest BCUT2D eigenvalue weighted by molar-refractivity contribution is 0.306. The maximum absolute atomic E-state index is 5.73. The summed E-state index contributed by atoms with van der Waals surface area (Å²) in [5, 5.41) is 8.74. The normalized spacial score (nSPS) is 11.2. The molecule has 0 fully saturated rings. The summed E-state index contributed by atoms with van der Waals surface area (Å²) in [5.74, 6) is 2.03. The molecule has 7 nitrogen and oxygen atoms in total. The summed E-state index contributed by atoms with van der Waals surface area (Å²) in [6, 6.07) is 11.7. The smallest absolute Gasteiger partial charge is 0.253 e. The number of benzene rings is 1. The van der Waals surface area contributed by atoms with E-state index in [1.165, 1.54) is 12.8 Å². The first kappa shape index (κ1) is 20.5. The molecule has 2 heterocycles. The average molecular weight is 393 g/mol. The molecule has 2 aromatic heterocycles. The number of ether oxygens (including phenoxy) is 1. The van der Waals surface area contributed by atoms with Crippen LogP contribution in [0.25, 0.3) is 5.95 Å². The van der Waals surface area contributed by atoms with Crippen molar-refractivity contribution < 1.29 is 4.74 Å². The number of unbranched alkanes of at least 4 members (excludes halogenated alkanes) is 2. The molecule has 0 bridgehead atoms. The number of aryl methyl sites for hydroxylation is 3. The first-order valence-electron chi connectivity index (χ1n) is 9.96. The Morgan fingerprint density at radius 2 is 1.83 bits per heavy atom. The minimum Gasteiger partial charge on any atom is -0.494 e. The summed E-state index contributed by atoms with van der Waals surface area (Å²) in [6.07, 6.45) is 5.23. The van der Waals surface area contributed by atoms with E-state index in [2.05, 4.69) is 32.5 Å². The fourth-order valence-electron chi connectivity index (χ4n) is 2.90. The van der Waals surface area contributed by atoms with E-state index in [4.69, 9.17) is 4.74 Å². The van der Waals surface area contributed by atoms with Gasteiger partial charge in [-0.05, 0) is 63.1 Å². The summed E-state index contributed by atoms with van der Waals surface area (Å²) in [7, 11) is 0. The molecular weight excluding hydrogens is 364 g/mol. The summed E-state index contributed by atoms with van der Waals surface area (Å²) in [4.78, 5) is 8.99. The Morgan fingerprint density at radius 1 is 1.03 bits per heavy atom. The molecule has 1 aromatic carbocycles. The molecule has 0 radical (unpaired) electrons. The van der Waals surface area contributed by atoms with Crippen molar-refractivity contribution in [2.45, 2.75) is 47.0 Å². The quantitative estimate of drug-likeness (QED) is 0.327. The molecule has 7 heteroatoms. The topological polar surface area (TPSA) is 77.2 Å². The number of hydrogen-bond donors (Lipinski definition) is 1. The summed E-state index contributed by atoms with van der Waals surface area (Å²) in [6.45, 7) is 8.79. The van der Waals surface area contributed by atoms with Gasteiger partial charge in [0.15, 0.2) is 5.82 Å². The number of nitrogens with zero attached hydrogens (tertiary/aromatic N) is 5. The van der Waals surface area contributed by atoms with Crippen LogP contribution in [0.5, 0.6) is 5.75 Å². The Balaban J connectivity index is 1.62. The molecule has 0 atom stereocenters. The molecule has 1 N–H and O–H groups in total. The van der Waals surface area contributed by atoms with Gasteiger partial charge in [-0.25, -0.2) is 9.67 Å². The van der Waals surface area contributed by atoms with E-state index in [1.807, 2.05) is 57.2 Å². The highest BCUT2D eigenvalue weighted by atomic mass is 16.5. The standard InChI is InChI=1S/C22H28N6O/c1-5-6-7-12-29-20-10-8-19(9-11-20)15-23-26-21-14-16(2)24-22(25-21)28-18(4)13-17(3)27-28/h8-11,13-15H,5-7,12H2,1-4H3,(H,24,25,26)/b23-15+. The van der Waals surface area contributed by atoms with Crippen molar-refractivity contribution in [3.63, 3.8) is 0 Å². The number of aromatic nitrogens is 4. The van der Waals surface area contributed by atoms with E-state index in [-0.39, 0.29) is 0 Å². The summed E-state index contributed by atoms with van der Waals surface area (Å²) >= 11 is 0. The Hall–Kier alpha value is -3.22. The van der Waals surface area contributed by atoms with Crippen molar-refractivity contribution in [1.29, 1.82) is 0 Å². The molecule has 0 aliphatic carbocycles. The van der Waals surface area contributed by atoms with Crippen molar-refractivity contribution >= 4 is 12.0 Å². The Morgan fingerprint density at radius 3 is 2.52 bits per heavy atom. The van der Waals surface area contributed by atoms with Crippen molar-refractivity contribution in [3.8, 4) is 11.7 Å². The second kappa shape index (κ2) is 9.82. The van der Waals surface area contributed by atoms with Gasteiger partial charge in [-0.15, -0.1) is 0 Å². The number of hydrazone groups is 1. The summed E-state index contributed by atoms with van der Waals surface area (Å²) < 4.78 is 7.46. The Labute approximate surface area is 171 Å². The van der Waals surface area contributed by atoms with E-state index in [0.29, 0.717) is 11.8 Å². The van der Waals surface area contributed by atoms with Crippen LogP contribution in [0.1, 0.15) is 48.8 Å². The Kier molecular flexibility index (Phi) is 6.94. The molecule has 0 aliphatic heterocycles. The molecule has 0 amide bonds. The van der Waals surface area contributed by atoms with Crippen molar-refractivity contribution in [1.82, 2.24) is 19.7 Å². The lowest BCUT2D eigenvalue weighted by Crippen LogP contribution is -2.08. The minimum atomic E-state index is 0.526. The SMILES string of the molecule is CCCCCOc1ccc(/C=N/Nc2cc(C)nc(-n3nc(C)cc3C)n2)cc1. The van der Waals surface area contributed by atoms with Crippen LogP contribution in [0, 0.1) is 20.8 Å². The third-order valence-electron chi connectivity index (χ3n) is 4.33. The Bertz CT molecular complexity index is 962. The van der Waals surface area contributed by atoms with Crippen molar-refractivity contribution in [2.75, 3.05) is 12.0 Å². The zero-order chi connectivity index (χ0) is 20.6. The van der Waals surface area contributed by atoms with Crippen LogP contribution in [0.15, 0.2) is 41.5 Å². The van der Waals surface area contributed by atoms with Crippen LogP contribution < -0.4 is 10.2 Å². The highest BCUT2D eigenvalue weighted by Gasteiger charge is 2.08. The van der Waals surface area contributed by atoms with E-state index in [0.717, 1.165) is 41.4 Å². The maximum atomic E-state index is 5.73. The molecule has 0 saturated carbocycles. The van der Waals surface area contributed by atoms with Gasteiger partial charge >= 0.3 is 0 Å². The number of rotatable bonds is 9. The molecule has 29 heavy (non-hydrogen) atoms. The van der Waals surface area contributed by atoms with Crippen LogP contribution >= 0.6 is 0 Å². The van der Waals surface area contributed by atoms with Gasteiger partial charge in [-0.2, -0.15) is 15.2 Å². The van der Waals surface area contributed by atoms with Gasteiger partial charge in [0.2, 0.25) is 0 Å². The monoisotopic (exact) mass is 392 g/mol. The number of anilines is 1. The molecule has 3 aromatic rings. The first-order chi connectivity index (χ1) is 14.0. The molecule has 0 saturated heterocycles. The average Bonchev–Trinajstić information content (AvgIpc) is 3.04. The maximum Gasteiger partial charge on any atom is 0.253 e. The molecule has 3 rings (SSSR count). The first-order valence-corrected chi connectivity index (χ1v) is 9.96. The second-order valence-electron chi connectivity index (χ2n) is 7.03. The van der Waals surface area contributed by atoms with Crippen LogP contribution in [0.4, 0.5) is 5.82 Å². The van der Waals surface area contributed by atoms with E-state index in [1.54, 1.807) is 10.9 Å².